The number of rotatable bonds is 7. The molecule has 6 nitrogen and oxygen atoms in total. The van der Waals surface area contributed by atoms with Crippen LogP contribution >= 0.6 is 0 Å². The van der Waals surface area contributed by atoms with Crippen LogP contribution in [-0.2, 0) is 17.8 Å². The summed E-state index contributed by atoms with van der Waals surface area (Å²) >= 11 is 0. The van der Waals surface area contributed by atoms with Crippen LogP contribution in [0.1, 0.15) is 5.56 Å². The zero-order chi connectivity index (χ0) is 19.1. The van der Waals surface area contributed by atoms with Crippen LogP contribution in [0.2, 0.25) is 0 Å². The Kier molecular flexibility index (Phi) is 5.99. The van der Waals surface area contributed by atoms with Gasteiger partial charge in [-0.25, -0.2) is 4.68 Å². The van der Waals surface area contributed by atoms with E-state index in [0.29, 0.717) is 18.8 Å². The Bertz CT molecular complexity index is 968. The number of amides is 1. The summed E-state index contributed by atoms with van der Waals surface area (Å²) in [5.74, 6) is 0.601. The molecule has 0 saturated heterocycles. The van der Waals surface area contributed by atoms with Crippen molar-refractivity contribution in [3.8, 4) is 17.0 Å². The van der Waals surface area contributed by atoms with Crippen LogP contribution in [-0.4, -0.2) is 29.3 Å². The molecule has 3 aromatic rings. The highest BCUT2D eigenvalue weighted by Gasteiger charge is 2.06. The second-order valence-corrected chi connectivity index (χ2v) is 6.02. The molecule has 0 aliphatic heterocycles. The van der Waals surface area contributed by atoms with Gasteiger partial charge in [-0.1, -0.05) is 42.5 Å². The zero-order valence-electron chi connectivity index (χ0n) is 15.1. The molecular formula is C21H21N3O3. The molecule has 0 bridgehead atoms. The first-order valence-electron chi connectivity index (χ1n) is 8.69. The van der Waals surface area contributed by atoms with Crippen molar-refractivity contribution in [2.24, 2.45) is 0 Å². The third-order valence-electron chi connectivity index (χ3n) is 4.08. The van der Waals surface area contributed by atoms with Gasteiger partial charge in [-0.05, 0) is 23.8 Å². The van der Waals surface area contributed by atoms with E-state index in [-0.39, 0.29) is 17.9 Å². The summed E-state index contributed by atoms with van der Waals surface area (Å²) in [4.78, 5) is 24.1. The number of carbonyl (C=O) groups is 1. The SMILES string of the molecule is COc1cccc(CC(=O)NCCn2nc(-c3ccccc3)ccc2=O)c1. The second kappa shape index (κ2) is 8.80. The van der Waals surface area contributed by atoms with E-state index >= 15 is 0 Å². The Morgan fingerprint density at radius 2 is 1.89 bits per heavy atom. The number of hydrogen-bond donors (Lipinski definition) is 1. The fraction of sp³-hybridized carbons (Fsp3) is 0.190. The highest BCUT2D eigenvalue weighted by atomic mass is 16.5. The third kappa shape index (κ3) is 5.04. The molecule has 3 rings (SSSR count). The van der Waals surface area contributed by atoms with Crippen molar-refractivity contribution in [2.75, 3.05) is 13.7 Å². The van der Waals surface area contributed by atoms with Crippen molar-refractivity contribution in [2.45, 2.75) is 13.0 Å². The topological polar surface area (TPSA) is 73.2 Å². The molecule has 0 aliphatic carbocycles. The molecular weight excluding hydrogens is 342 g/mol. The van der Waals surface area contributed by atoms with E-state index in [2.05, 4.69) is 10.4 Å². The number of methoxy groups -OCH3 is 1. The molecule has 6 heteroatoms. The molecule has 0 atom stereocenters. The van der Waals surface area contributed by atoms with Gasteiger partial charge >= 0.3 is 0 Å². The molecule has 0 fully saturated rings. The van der Waals surface area contributed by atoms with Crippen LogP contribution in [0.15, 0.2) is 71.5 Å². The number of nitrogens with one attached hydrogen (secondary N) is 1. The van der Waals surface area contributed by atoms with Crippen LogP contribution in [0.25, 0.3) is 11.3 Å². The first-order valence-corrected chi connectivity index (χ1v) is 8.69. The molecule has 1 heterocycles. The molecule has 0 aliphatic rings. The van der Waals surface area contributed by atoms with Gasteiger partial charge in [0.1, 0.15) is 5.75 Å². The minimum absolute atomic E-state index is 0.115. The summed E-state index contributed by atoms with van der Waals surface area (Å²) in [6.07, 6.45) is 0.254. The van der Waals surface area contributed by atoms with E-state index in [1.165, 1.54) is 10.7 Å². The van der Waals surface area contributed by atoms with Crippen LogP contribution in [0, 0.1) is 0 Å². The smallest absolute Gasteiger partial charge is 0.266 e. The summed E-state index contributed by atoms with van der Waals surface area (Å²) in [6.45, 7) is 0.636. The van der Waals surface area contributed by atoms with Gasteiger partial charge < -0.3 is 10.1 Å². The summed E-state index contributed by atoms with van der Waals surface area (Å²) in [5, 5.41) is 7.21. The lowest BCUT2D eigenvalue weighted by Gasteiger charge is -2.09. The largest absolute Gasteiger partial charge is 0.497 e. The van der Waals surface area contributed by atoms with Gasteiger partial charge in [0.25, 0.3) is 5.56 Å². The summed E-state index contributed by atoms with van der Waals surface area (Å²) in [7, 11) is 1.59. The van der Waals surface area contributed by atoms with Gasteiger partial charge in [0.15, 0.2) is 0 Å². The maximum Gasteiger partial charge on any atom is 0.266 e. The summed E-state index contributed by atoms with van der Waals surface area (Å²) < 4.78 is 6.53. The second-order valence-electron chi connectivity index (χ2n) is 6.02. The van der Waals surface area contributed by atoms with Crippen LogP contribution in [0.5, 0.6) is 5.75 Å². The van der Waals surface area contributed by atoms with Crippen LogP contribution in [0.4, 0.5) is 0 Å². The molecule has 138 valence electrons. The monoisotopic (exact) mass is 363 g/mol. The van der Waals surface area contributed by atoms with Gasteiger partial charge in [-0.2, -0.15) is 5.10 Å². The maximum absolute atomic E-state index is 12.1. The van der Waals surface area contributed by atoms with Crippen molar-refractivity contribution >= 4 is 5.91 Å². The molecule has 0 unspecified atom stereocenters. The Labute approximate surface area is 157 Å². The molecule has 1 aromatic heterocycles. The lowest BCUT2D eigenvalue weighted by Crippen LogP contribution is -2.32. The Balaban J connectivity index is 1.58. The van der Waals surface area contributed by atoms with Crippen molar-refractivity contribution in [3.63, 3.8) is 0 Å². The number of ether oxygens (including phenoxy) is 1. The van der Waals surface area contributed by atoms with E-state index in [0.717, 1.165) is 16.8 Å². The van der Waals surface area contributed by atoms with Crippen molar-refractivity contribution in [3.05, 3.63) is 82.6 Å². The number of nitrogens with zero attached hydrogens (tertiary/aromatic N) is 2. The predicted molar refractivity (Wildman–Crippen MR) is 104 cm³/mol. The number of hydrogen-bond acceptors (Lipinski definition) is 4. The molecule has 0 spiro atoms. The van der Waals surface area contributed by atoms with E-state index < -0.39 is 0 Å². The van der Waals surface area contributed by atoms with E-state index in [1.807, 2.05) is 54.6 Å². The quantitative estimate of drug-likeness (QED) is 0.699. The maximum atomic E-state index is 12.1. The van der Waals surface area contributed by atoms with E-state index in [4.69, 9.17) is 4.74 Å². The third-order valence-corrected chi connectivity index (χ3v) is 4.08. The van der Waals surface area contributed by atoms with Crippen LogP contribution < -0.4 is 15.6 Å². The summed E-state index contributed by atoms with van der Waals surface area (Å²) in [5.41, 5.74) is 2.33. The fourth-order valence-electron chi connectivity index (χ4n) is 2.70. The normalized spacial score (nSPS) is 10.4. The first kappa shape index (κ1) is 18.4. The molecule has 1 N–H and O–H groups in total. The van der Waals surface area contributed by atoms with E-state index in [1.54, 1.807) is 13.2 Å². The first-order chi connectivity index (χ1) is 13.2. The van der Waals surface area contributed by atoms with Gasteiger partial charge in [0.05, 0.1) is 25.8 Å². The number of carbonyl (C=O) groups excluding carboxylic acids is 1. The Hall–Kier alpha value is -3.41. The lowest BCUT2D eigenvalue weighted by atomic mass is 10.1. The minimum Gasteiger partial charge on any atom is -0.497 e. The summed E-state index contributed by atoms with van der Waals surface area (Å²) in [6, 6.07) is 20.2. The Morgan fingerprint density at radius 1 is 1.07 bits per heavy atom. The fourth-order valence-corrected chi connectivity index (χ4v) is 2.70. The Morgan fingerprint density at radius 3 is 2.67 bits per heavy atom. The molecule has 0 saturated carbocycles. The standard InChI is InChI=1S/C21H21N3O3/c1-27-18-9-5-6-16(14-18)15-20(25)22-12-13-24-21(26)11-10-19(23-24)17-7-3-2-4-8-17/h2-11,14H,12-13,15H2,1H3,(H,22,25). The predicted octanol–water partition coefficient (Wildman–Crippen LogP) is 2.28. The highest BCUT2D eigenvalue weighted by molar-refractivity contribution is 5.78. The molecule has 27 heavy (non-hydrogen) atoms. The number of aromatic nitrogens is 2. The van der Waals surface area contributed by atoms with Gasteiger partial charge in [0, 0.05) is 18.2 Å². The van der Waals surface area contributed by atoms with Gasteiger partial charge in [0.2, 0.25) is 5.91 Å². The van der Waals surface area contributed by atoms with Crippen LogP contribution in [0.3, 0.4) is 0 Å². The average molecular weight is 363 g/mol. The average Bonchev–Trinajstić information content (AvgIpc) is 2.70. The molecule has 0 radical (unpaired) electrons. The minimum atomic E-state index is -0.197. The molecule has 2 aromatic carbocycles. The van der Waals surface area contributed by atoms with Gasteiger partial charge in [-0.15, -0.1) is 0 Å². The highest BCUT2D eigenvalue weighted by Crippen LogP contribution is 2.14. The number of benzene rings is 2. The molecule has 1 amide bonds. The van der Waals surface area contributed by atoms with Crippen molar-refractivity contribution < 1.29 is 9.53 Å². The van der Waals surface area contributed by atoms with Gasteiger partial charge in [-0.3, -0.25) is 9.59 Å². The van der Waals surface area contributed by atoms with E-state index in [9.17, 15) is 9.59 Å². The van der Waals surface area contributed by atoms with Crippen molar-refractivity contribution in [1.82, 2.24) is 15.1 Å². The van der Waals surface area contributed by atoms with Crippen molar-refractivity contribution in [1.29, 1.82) is 0 Å². The zero-order valence-corrected chi connectivity index (χ0v) is 15.1. The lowest BCUT2D eigenvalue weighted by molar-refractivity contribution is -0.120.